The SMILES string of the molecule is [CH2-]CCN(CC)C(C)C.[CH2-]CCN(CC)CC.[Zn+2]. The molecule has 0 aromatic rings. The van der Waals surface area contributed by atoms with Gasteiger partial charge >= 0.3 is 19.5 Å². The maximum absolute atomic E-state index is 3.81. The van der Waals surface area contributed by atoms with Crippen molar-refractivity contribution in [3.63, 3.8) is 0 Å². The maximum atomic E-state index is 3.81. The normalized spacial score (nSPS) is 10.3. The van der Waals surface area contributed by atoms with E-state index < -0.39 is 0 Å². The van der Waals surface area contributed by atoms with Crippen molar-refractivity contribution < 1.29 is 19.5 Å². The van der Waals surface area contributed by atoms with Crippen molar-refractivity contribution >= 4 is 0 Å². The quantitative estimate of drug-likeness (QED) is 0.500. The van der Waals surface area contributed by atoms with E-state index in [2.05, 4.69) is 58.3 Å². The first-order chi connectivity index (χ1) is 8.06. The van der Waals surface area contributed by atoms with Crippen molar-refractivity contribution in [2.45, 2.75) is 53.5 Å². The van der Waals surface area contributed by atoms with Gasteiger partial charge in [0.05, 0.1) is 0 Å². The standard InChI is InChI=1S/C8H18N.C7H16N.Zn/c1-5-7-9(6-2)8(3)4;1-4-7-8(5-2)6-3;/h8H,1,5-7H2,2-4H3;1,4-7H2,2-3H3;/q2*-1;+2. The van der Waals surface area contributed by atoms with E-state index in [1.54, 1.807) is 0 Å². The molecule has 0 bridgehead atoms. The van der Waals surface area contributed by atoms with Crippen LogP contribution in [0.1, 0.15) is 47.5 Å². The molecule has 0 aromatic heterocycles. The molecule has 2 nitrogen and oxygen atoms in total. The van der Waals surface area contributed by atoms with Gasteiger partial charge in [0.25, 0.3) is 0 Å². The van der Waals surface area contributed by atoms with Gasteiger partial charge in [-0.15, -0.1) is 0 Å². The summed E-state index contributed by atoms with van der Waals surface area (Å²) >= 11 is 0. The van der Waals surface area contributed by atoms with E-state index >= 15 is 0 Å². The topological polar surface area (TPSA) is 6.48 Å². The van der Waals surface area contributed by atoms with Gasteiger partial charge in [0.15, 0.2) is 0 Å². The van der Waals surface area contributed by atoms with Gasteiger partial charge in [-0.25, -0.2) is 0 Å². The smallest absolute Gasteiger partial charge is 0.342 e. The Bertz CT molecular complexity index is 136. The Morgan fingerprint density at radius 3 is 1.39 bits per heavy atom. The maximum Gasteiger partial charge on any atom is 2.00 e. The van der Waals surface area contributed by atoms with Crippen LogP contribution in [-0.4, -0.2) is 48.6 Å². The molecule has 0 unspecified atom stereocenters. The fourth-order valence-electron chi connectivity index (χ4n) is 1.75. The third-order valence-electron chi connectivity index (χ3n) is 2.95. The second-order valence-corrected chi connectivity index (χ2v) is 4.46. The molecule has 0 saturated heterocycles. The van der Waals surface area contributed by atoms with Crippen LogP contribution in [0.4, 0.5) is 0 Å². The summed E-state index contributed by atoms with van der Waals surface area (Å²) in [4.78, 5) is 4.78. The average molecular weight is 308 g/mol. The molecule has 0 aromatic carbocycles. The summed E-state index contributed by atoms with van der Waals surface area (Å²) in [6, 6.07) is 0.678. The van der Waals surface area contributed by atoms with Gasteiger partial charge in [-0.05, 0) is 46.6 Å². The zero-order valence-electron chi connectivity index (χ0n) is 13.5. The molecule has 0 radical (unpaired) electrons. The van der Waals surface area contributed by atoms with Crippen LogP contribution >= 0.6 is 0 Å². The molecule has 0 rings (SSSR count). The summed E-state index contributed by atoms with van der Waals surface area (Å²) in [6.45, 7) is 24.3. The second kappa shape index (κ2) is 17.5. The van der Waals surface area contributed by atoms with E-state index in [1.807, 2.05) is 0 Å². The fraction of sp³-hybridized carbons (Fsp3) is 0.867. The van der Waals surface area contributed by atoms with Crippen molar-refractivity contribution in [1.82, 2.24) is 9.80 Å². The van der Waals surface area contributed by atoms with Crippen LogP contribution < -0.4 is 0 Å². The van der Waals surface area contributed by atoms with Crippen LogP contribution in [-0.2, 0) is 19.5 Å². The molecule has 0 aliphatic heterocycles. The Labute approximate surface area is 129 Å². The van der Waals surface area contributed by atoms with Crippen molar-refractivity contribution in [2.24, 2.45) is 0 Å². The number of rotatable bonds is 8. The summed E-state index contributed by atoms with van der Waals surface area (Å²) in [5, 5.41) is 0. The first kappa shape index (κ1) is 23.6. The van der Waals surface area contributed by atoms with Gasteiger partial charge in [0.2, 0.25) is 0 Å². The largest absolute Gasteiger partial charge is 2.00 e. The van der Waals surface area contributed by atoms with Gasteiger partial charge < -0.3 is 23.6 Å². The number of hydrogen-bond donors (Lipinski definition) is 0. The Morgan fingerprint density at radius 2 is 1.28 bits per heavy atom. The molecule has 0 fully saturated rings. The molecule has 0 spiro atoms. The summed E-state index contributed by atoms with van der Waals surface area (Å²) in [5.74, 6) is 0. The van der Waals surface area contributed by atoms with Crippen molar-refractivity contribution in [1.29, 1.82) is 0 Å². The fourth-order valence-corrected chi connectivity index (χ4v) is 1.75. The zero-order chi connectivity index (χ0) is 13.7. The molecule has 0 N–H and O–H groups in total. The molecule has 0 aliphatic carbocycles. The van der Waals surface area contributed by atoms with Gasteiger partial charge in [-0.1, -0.05) is 20.8 Å². The van der Waals surface area contributed by atoms with E-state index in [-0.39, 0.29) is 19.5 Å². The molecule has 0 aliphatic rings. The summed E-state index contributed by atoms with van der Waals surface area (Å²) in [7, 11) is 0. The monoisotopic (exact) mass is 306 g/mol. The number of hydrogen-bond acceptors (Lipinski definition) is 2. The van der Waals surface area contributed by atoms with Crippen LogP contribution in [0.25, 0.3) is 0 Å². The molecular formula is C15H34N2Zn. The molecule has 0 saturated carbocycles. The molecule has 3 heteroatoms. The van der Waals surface area contributed by atoms with Crippen molar-refractivity contribution in [3.05, 3.63) is 13.8 Å². The first-order valence-corrected chi connectivity index (χ1v) is 7.12. The van der Waals surface area contributed by atoms with E-state index in [9.17, 15) is 0 Å². The van der Waals surface area contributed by atoms with Gasteiger partial charge in [-0.2, -0.15) is 12.8 Å². The predicted molar refractivity (Wildman–Crippen MR) is 80.1 cm³/mol. The summed E-state index contributed by atoms with van der Waals surface area (Å²) in [5.41, 5.74) is 0. The second-order valence-electron chi connectivity index (χ2n) is 4.46. The zero-order valence-corrected chi connectivity index (χ0v) is 16.5. The predicted octanol–water partition coefficient (Wildman–Crippen LogP) is 3.49. The van der Waals surface area contributed by atoms with E-state index in [1.165, 1.54) is 0 Å². The van der Waals surface area contributed by atoms with Crippen LogP contribution in [0.5, 0.6) is 0 Å². The van der Waals surface area contributed by atoms with Crippen LogP contribution in [0.3, 0.4) is 0 Å². The minimum absolute atomic E-state index is 0. The Balaban J connectivity index is -0.000000238. The molecular weight excluding hydrogens is 274 g/mol. The van der Waals surface area contributed by atoms with E-state index in [4.69, 9.17) is 0 Å². The van der Waals surface area contributed by atoms with Crippen LogP contribution in [0, 0.1) is 13.8 Å². The van der Waals surface area contributed by atoms with Crippen molar-refractivity contribution in [3.8, 4) is 0 Å². The minimum Gasteiger partial charge on any atom is -0.342 e. The first-order valence-electron chi connectivity index (χ1n) is 7.12. The Hall–Kier alpha value is 0.543. The Kier molecular flexibility index (Phi) is 23.0. The Morgan fingerprint density at radius 1 is 0.833 bits per heavy atom. The number of nitrogens with zero attached hydrogens (tertiary/aromatic N) is 2. The molecule has 0 amide bonds. The molecule has 0 atom stereocenters. The van der Waals surface area contributed by atoms with E-state index in [0.29, 0.717) is 6.04 Å². The molecule has 0 heterocycles. The third kappa shape index (κ3) is 14.6. The van der Waals surface area contributed by atoms with Crippen LogP contribution in [0.15, 0.2) is 0 Å². The van der Waals surface area contributed by atoms with Crippen LogP contribution in [0.2, 0.25) is 0 Å². The minimum atomic E-state index is 0. The summed E-state index contributed by atoms with van der Waals surface area (Å²) in [6.07, 6.45) is 2.05. The van der Waals surface area contributed by atoms with Gasteiger partial charge in [0, 0.05) is 6.04 Å². The van der Waals surface area contributed by atoms with Crippen molar-refractivity contribution in [2.75, 3.05) is 32.7 Å². The van der Waals surface area contributed by atoms with E-state index in [0.717, 1.165) is 45.6 Å². The summed E-state index contributed by atoms with van der Waals surface area (Å²) < 4.78 is 0. The molecule has 18 heavy (non-hydrogen) atoms. The average Bonchev–Trinajstić information content (AvgIpc) is 2.33. The van der Waals surface area contributed by atoms with Gasteiger partial charge in [0.1, 0.15) is 0 Å². The van der Waals surface area contributed by atoms with Gasteiger partial charge in [-0.3, -0.25) is 0 Å². The molecule has 106 valence electrons. The third-order valence-corrected chi connectivity index (χ3v) is 2.95.